The summed E-state index contributed by atoms with van der Waals surface area (Å²) in [4.78, 5) is 5.14. The maximum absolute atomic E-state index is 6.53. The highest BCUT2D eigenvalue weighted by molar-refractivity contribution is 5.33. The Kier molecular flexibility index (Phi) is 3.87. The van der Waals surface area contributed by atoms with Crippen LogP contribution in [0.5, 0.6) is 0 Å². The molecule has 0 bridgehead atoms. The van der Waals surface area contributed by atoms with Gasteiger partial charge in [-0.2, -0.15) is 0 Å². The van der Waals surface area contributed by atoms with Gasteiger partial charge in [-0.15, -0.1) is 0 Å². The van der Waals surface area contributed by atoms with Crippen molar-refractivity contribution in [2.45, 2.75) is 31.8 Å². The third kappa shape index (κ3) is 2.55. The van der Waals surface area contributed by atoms with Crippen LogP contribution >= 0.6 is 0 Å². The monoisotopic (exact) mass is 259 g/mol. The summed E-state index contributed by atoms with van der Waals surface area (Å²) in [5.74, 6) is 0. The van der Waals surface area contributed by atoms with Crippen LogP contribution in [0.1, 0.15) is 30.5 Å². The number of aryl methyl sites for hydroxylation is 1. The molecular weight excluding hydrogens is 234 g/mol. The summed E-state index contributed by atoms with van der Waals surface area (Å²) >= 11 is 0. The lowest BCUT2D eigenvalue weighted by Crippen LogP contribution is -2.54. The first kappa shape index (κ1) is 13.1. The molecule has 2 N–H and O–H groups in total. The third-order valence-electron chi connectivity index (χ3n) is 4.86. The molecule has 3 heteroatoms. The van der Waals surface area contributed by atoms with Crippen LogP contribution in [0.2, 0.25) is 0 Å². The molecule has 1 saturated heterocycles. The molecule has 2 aliphatic rings. The van der Waals surface area contributed by atoms with Gasteiger partial charge in [0.2, 0.25) is 0 Å². The van der Waals surface area contributed by atoms with Crippen LogP contribution in [-0.2, 0) is 6.42 Å². The summed E-state index contributed by atoms with van der Waals surface area (Å²) in [6.45, 7) is 8.16. The molecule has 0 spiro atoms. The normalized spacial score (nSPS) is 29.2. The van der Waals surface area contributed by atoms with Gasteiger partial charge in [0.1, 0.15) is 0 Å². The predicted molar refractivity (Wildman–Crippen MR) is 79.2 cm³/mol. The standard InChI is InChI=1S/C16H25N3/c1-2-18-9-11-19(12-10-18)15-8-7-13-5-3-4-6-14(13)16(15)17/h3-6,15-16H,2,7-12,17H2,1H3. The highest BCUT2D eigenvalue weighted by Crippen LogP contribution is 2.31. The molecule has 104 valence electrons. The second kappa shape index (κ2) is 5.61. The molecule has 1 aliphatic heterocycles. The molecule has 0 saturated carbocycles. The lowest BCUT2D eigenvalue weighted by Gasteiger charge is -2.43. The van der Waals surface area contributed by atoms with Crippen molar-refractivity contribution in [3.05, 3.63) is 35.4 Å². The molecule has 2 unspecified atom stereocenters. The van der Waals surface area contributed by atoms with Gasteiger partial charge in [0, 0.05) is 38.3 Å². The van der Waals surface area contributed by atoms with Gasteiger partial charge in [-0.1, -0.05) is 31.2 Å². The van der Waals surface area contributed by atoms with E-state index in [1.165, 1.54) is 56.7 Å². The SMILES string of the molecule is CCN1CCN(C2CCc3ccccc3C2N)CC1. The van der Waals surface area contributed by atoms with Crippen molar-refractivity contribution >= 4 is 0 Å². The average molecular weight is 259 g/mol. The van der Waals surface area contributed by atoms with E-state index in [9.17, 15) is 0 Å². The van der Waals surface area contributed by atoms with E-state index in [2.05, 4.69) is 41.0 Å². The fourth-order valence-corrected chi connectivity index (χ4v) is 3.60. The molecule has 3 rings (SSSR count). The smallest absolute Gasteiger partial charge is 0.0455 e. The van der Waals surface area contributed by atoms with Crippen LogP contribution in [0, 0.1) is 0 Å². The van der Waals surface area contributed by atoms with Crippen molar-refractivity contribution in [3.63, 3.8) is 0 Å². The maximum atomic E-state index is 6.53. The number of nitrogens with two attached hydrogens (primary N) is 1. The molecule has 1 fully saturated rings. The van der Waals surface area contributed by atoms with E-state index >= 15 is 0 Å². The number of likely N-dealkylation sites (N-methyl/N-ethyl adjacent to an activating group) is 1. The van der Waals surface area contributed by atoms with Gasteiger partial charge in [-0.3, -0.25) is 4.90 Å². The zero-order chi connectivity index (χ0) is 13.2. The largest absolute Gasteiger partial charge is 0.323 e. The number of nitrogens with zero attached hydrogens (tertiary/aromatic N) is 2. The first-order valence-electron chi connectivity index (χ1n) is 7.59. The second-order valence-electron chi connectivity index (χ2n) is 5.80. The molecule has 3 nitrogen and oxygen atoms in total. The minimum absolute atomic E-state index is 0.193. The fourth-order valence-electron chi connectivity index (χ4n) is 3.60. The fraction of sp³-hybridized carbons (Fsp3) is 0.625. The molecule has 0 amide bonds. The Morgan fingerprint density at radius 1 is 1.16 bits per heavy atom. The number of hydrogen-bond donors (Lipinski definition) is 1. The highest BCUT2D eigenvalue weighted by atomic mass is 15.3. The summed E-state index contributed by atoms with van der Waals surface area (Å²) in [6, 6.07) is 9.43. The van der Waals surface area contributed by atoms with Crippen LogP contribution < -0.4 is 5.73 Å². The minimum Gasteiger partial charge on any atom is -0.323 e. The van der Waals surface area contributed by atoms with Gasteiger partial charge in [-0.05, 0) is 30.5 Å². The number of fused-ring (bicyclic) bond motifs is 1. The van der Waals surface area contributed by atoms with Gasteiger partial charge in [0.05, 0.1) is 0 Å². The van der Waals surface area contributed by atoms with E-state index in [1.54, 1.807) is 0 Å². The average Bonchev–Trinajstić information content (AvgIpc) is 2.48. The van der Waals surface area contributed by atoms with Gasteiger partial charge < -0.3 is 10.6 Å². The molecule has 19 heavy (non-hydrogen) atoms. The predicted octanol–water partition coefficient (Wildman–Crippen LogP) is 1.64. The third-order valence-corrected chi connectivity index (χ3v) is 4.86. The van der Waals surface area contributed by atoms with Crippen molar-refractivity contribution < 1.29 is 0 Å². The Bertz CT molecular complexity index is 424. The molecule has 0 radical (unpaired) electrons. The lowest BCUT2D eigenvalue weighted by atomic mass is 9.83. The van der Waals surface area contributed by atoms with Crippen LogP contribution in [0.4, 0.5) is 0 Å². The van der Waals surface area contributed by atoms with Crippen molar-refractivity contribution in [3.8, 4) is 0 Å². The lowest BCUT2D eigenvalue weighted by molar-refractivity contribution is 0.0801. The summed E-state index contributed by atoms with van der Waals surface area (Å²) in [7, 11) is 0. The summed E-state index contributed by atoms with van der Waals surface area (Å²) in [5, 5.41) is 0. The van der Waals surface area contributed by atoms with Gasteiger partial charge in [0.15, 0.2) is 0 Å². The van der Waals surface area contributed by atoms with E-state index in [-0.39, 0.29) is 6.04 Å². The molecule has 1 aromatic carbocycles. The molecule has 1 heterocycles. The van der Waals surface area contributed by atoms with Crippen molar-refractivity contribution in [1.82, 2.24) is 9.80 Å². The summed E-state index contributed by atoms with van der Waals surface area (Å²) in [5.41, 5.74) is 9.36. The number of rotatable bonds is 2. The van der Waals surface area contributed by atoms with Crippen molar-refractivity contribution in [2.24, 2.45) is 5.73 Å². The van der Waals surface area contributed by atoms with E-state index in [0.29, 0.717) is 6.04 Å². The summed E-state index contributed by atoms with van der Waals surface area (Å²) < 4.78 is 0. The second-order valence-corrected chi connectivity index (χ2v) is 5.80. The molecule has 2 atom stereocenters. The van der Waals surface area contributed by atoms with E-state index in [4.69, 9.17) is 5.73 Å². The van der Waals surface area contributed by atoms with Crippen LogP contribution in [-0.4, -0.2) is 48.6 Å². The molecule has 1 aliphatic carbocycles. The van der Waals surface area contributed by atoms with Crippen LogP contribution in [0.15, 0.2) is 24.3 Å². The van der Waals surface area contributed by atoms with Gasteiger partial charge >= 0.3 is 0 Å². The highest BCUT2D eigenvalue weighted by Gasteiger charge is 2.32. The van der Waals surface area contributed by atoms with Gasteiger partial charge in [-0.25, -0.2) is 0 Å². The van der Waals surface area contributed by atoms with Crippen LogP contribution in [0.3, 0.4) is 0 Å². The van der Waals surface area contributed by atoms with Crippen LogP contribution in [0.25, 0.3) is 0 Å². The Balaban J connectivity index is 1.71. The van der Waals surface area contributed by atoms with E-state index < -0.39 is 0 Å². The maximum Gasteiger partial charge on any atom is 0.0455 e. The zero-order valence-electron chi connectivity index (χ0n) is 11.9. The first-order chi connectivity index (χ1) is 9.29. The first-order valence-corrected chi connectivity index (χ1v) is 7.59. The Hall–Kier alpha value is -0.900. The minimum atomic E-state index is 0.193. The molecule has 0 aromatic heterocycles. The van der Waals surface area contributed by atoms with Gasteiger partial charge in [0.25, 0.3) is 0 Å². The summed E-state index contributed by atoms with van der Waals surface area (Å²) in [6.07, 6.45) is 2.40. The number of hydrogen-bond acceptors (Lipinski definition) is 3. The van der Waals surface area contributed by atoms with Crippen molar-refractivity contribution in [1.29, 1.82) is 0 Å². The topological polar surface area (TPSA) is 32.5 Å². The Morgan fingerprint density at radius 2 is 1.89 bits per heavy atom. The van der Waals surface area contributed by atoms with E-state index in [1.807, 2.05) is 0 Å². The Labute approximate surface area is 116 Å². The Morgan fingerprint density at radius 3 is 2.63 bits per heavy atom. The number of piperazine rings is 1. The van der Waals surface area contributed by atoms with Crippen molar-refractivity contribution in [2.75, 3.05) is 32.7 Å². The van der Waals surface area contributed by atoms with E-state index in [0.717, 1.165) is 0 Å². The molecule has 1 aromatic rings. The number of benzene rings is 1. The zero-order valence-corrected chi connectivity index (χ0v) is 11.9. The quantitative estimate of drug-likeness (QED) is 0.876. The molecular formula is C16H25N3.